The lowest BCUT2D eigenvalue weighted by molar-refractivity contribution is 0.469. The van der Waals surface area contributed by atoms with Crippen LogP contribution >= 0.6 is 0 Å². The molecule has 0 radical (unpaired) electrons. The molecule has 0 aliphatic rings. The van der Waals surface area contributed by atoms with Crippen molar-refractivity contribution in [3.63, 3.8) is 0 Å². The second-order valence-corrected chi connectivity index (χ2v) is 4.48. The number of phenols is 1. The summed E-state index contributed by atoms with van der Waals surface area (Å²) in [5, 5.41) is 13.0. The minimum absolute atomic E-state index is 0.340. The first-order valence-electron chi connectivity index (χ1n) is 6.31. The third-order valence-electron chi connectivity index (χ3n) is 3.20. The van der Waals surface area contributed by atoms with Crippen molar-refractivity contribution in [1.29, 1.82) is 0 Å². The summed E-state index contributed by atoms with van der Waals surface area (Å²) < 4.78 is 0. The van der Waals surface area contributed by atoms with Gasteiger partial charge in [0.05, 0.1) is 0 Å². The molecule has 0 atom stereocenters. The van der Waals surface area contributed by atoms with Crippen LogP contribution in [-0.2, 0) is 13.0 Å². The average molecular weight is 241 g/mol. The molecule has 94 valence electrons. The van der Waals surface area contributed by atoms with Crippen molar-refractivity contribution in [3.8, 4) is 5.75 Å². The molecule has 0 spiro atoms. The zero-order chi connectivity index (χ0) is 13.0. The van der Waals surface area contributed by atoms with E-state index in [0.29, 0.717) is 12.3 Å². The van der Waals surface area contributed by atoms with E-state index < -0.39 is 0 Å². The number of hydrogen-bond acceptors (Lipinski definition) is 2. The molecule has 2 heteroatoms. The smallest absolute Gasteiger partial charge is 0.120 e. The van der Waals surface area contributed by atoms with Crippen molar-refractivity contribution in [3.05, 3.63) is 59.2 Å². The zero-order valence-corrected chi connectivity index (χ0v) is 10.9. The summed E-state index contributed by atoms with van der Waals surface area (Å²) in [7, 11) is 0. The minimum atomic E-state index is 0.340. The quantitative estimate of drug-likeness (QED) is 0.851. The molecular formula is C16H19NO. The van der Waals surface area contributed by atoms with E-state index in [1.807, 2.05) is 18.2 Å². The molecule has 2 nitrogen and oxygen atoms in total. The molecule has 0 aliphatic heterocycles. The molecule has 0 bridgehead atoms. The van der Waals surface area contributed by atoms with Crippen LogP contribution in [0.4, 0.5) is 5.69 Å². The molecule has 0 amide bonds. The van der Waals surface area contributed by atoms with E-state index in [2.05, 4.69) is 37.4 Å². The molecule has 0 unspecified atom stereocenters. The molecular weight excluding hydrogens is 222 g/mol. The number of benzene rings is 2. The van der Waals surface area contributed by atoms with E-state index in [-0.39, 0.29) is 0 Å². The summed E-state index contributed by atoms with van der Waals surface area (Å²) in [5.41, 5.74) is 4.69. The Bertz CT molecular complexity index is 534. The van der Waals surface area contributed by atoms with Gasteiger partial charge in [0.1, 0.15) is 5.75 Å². The van der Waals surface area contributed by atoms with E-state index in [1.54, 1.807) is 6.07 Å². The van der Waals surface area contributed by atoms with Gasteiger partial charge in [-0.25, -0.2) is 0 Å². The Hall–Kier alpha value is -1.96. The molecule has 2 aromatic rings. The summed E-state index contributed by atoms with van der Waals surface area (Å²) in [4.78, 5) is 0. The van der Waals surface area contributed by atoms with Crippen LogP contribution in [0.3, 0.4) is 0 Å². The van der Waals surface area contributed by atoms with E-state index in [1.165, 1.54) is 11.1 Å². The van der Waals surface area contributed by atoms with E-state index in [9.17, 15) is 5.11 Å². The van der Waals surface area contributed by atoms with Crippen molar-refractivity contribution in [2.24, 2.45) is 0 Å². The van der Waals surface area contributed by atoms with E-state index >= 15 is 0 Å². The van der Waals surface area contributed by atoms with Crippen LogP contribution in [0.25, 0.3) is 0 Å². The summed E-state index contributed by atoms with van der Waals surface area (Å²) in [6.07, 6.45) is 1.06. The third-order valence-corrected chi connectivity index (χ3v) is 3.20. The Kier molecular flexibility index (Phi) is 3.88. The van der Waals surface area contributed by atoms with Gasteiger partial charge < -0.3 is 10.4 Å². The van der Waals surface area contributed by atoms with Gasteiger partial charge in [-0.2, -0.15) is 0 Å². The van der Waals surface area contributed by atoms with Gasteiger partial charge in [0, 0.05) is 17.8 Å². The third kappa shape index (κ3) is 2.83. The fourth-order valence-corrected chi connectivity index (χ4v) is 2.06. The monoisotopic (exact) mass is 241 g/mol. The number of nitrogens with one attached hydrogen (secondary N) is 1. The fraction of sp³-hybridized carbons (Fsp3) is 0.250. The highest BCUT2D eigenvalue weighted by molar-refractivity contribution is 5.49. The van der Waals surface area contributed by atoms with Crippen LogP contribution in [-0.4, -0.2) is 5.11 Å². The molecule has 0 saturated heterocycles. The van der Waals surface area contributed by atoms with Gasteiger partial charge in [0.15, 0.2) is 0 Å². The maximum Gasteiger partial charge on any atom is 0.120 e. The van der Waals surface area contributed by atoms with Gasteiger partial charge in [-0.1, -0.05) is 31.2 Å². The zero-order valence-electron chi connectivity index (χ0n) is 10.9. The molecule has 0 aliphatic carbocycles. The first kappa shape index (κ1) is 12.5. The van der Waals surface area contributed by atoms with Gasteiger partial charge in [-0.05, 0) is 42.7 Å². The number of rotatable bonds is 4. The Morgan fingerprint density at radius 3 is 2.50 bits per heavy atom. The first-order valence-corrected chi connectivity index (χ1v) is 6.31. The Labute approximate surface area is 108 Å². The van der Waals surface area contributed by atoms with Crippen molar-refractivity contribution in [2.45, 2.75) is 26.8 Å². The highest BCUT2D eigenvalue weighted by Crippen LogP contribution is 2.19. The number of anilines is 1. The number of aryl methyl sites for hydroxylation is 2. The van der Waals surface area contributed by atoms with E-state index in [0.717, 1.165) is 17.7 Å². The minimum Gasteiger partial charge on any atom is -0.508 e. The number of hydrogen-bond donors (Lipinski definition) is 2. The van der Waals surface area contributed by atoms with Crippen molar-refractivity contribution in [1.82, 2.24) is 0 Å². The molecule has 2 N–H and O–H groups in total. The van der Waals surface area contributed by atoms with Crippen LogP contribution in [0.2, 0.25) is 0 Å². The van der Waals surface area contributed by atoms with Crippen LogP contribution in [0, 0.1) is 6.92 Å². The first-order chi connectivity index (χ1) is 8.70. The lowest BCUT2D eigenvalue weighted by Gasteiger charge is -2.10. The summed E-state index contributed by atoms with van der Waals surface area (Å²) in [6, 6.07) is 13.8. The maximum absolute atomic E-state index is 9.69. The normalized spacial score (nSPS) is 10.3. The second-order valence-electron chi connectivity index (χ2n) is 4.48. The number of para-hydroxylation sites is 1. The second kappa shape index (κ2) is 5.58. The van der Waals surface area contributed by atoms with Crippen molar-refractivity contribution < 1.29 is 5.11 Å². The predicted octanol–water partition coefficient (Wildman–Crippen LogP) is 3.88. The van der Waals surface area contributed by atoms with Gasteiger partial charge in [0.25, 0.3) is 0 Å². The average Bonchev–Trinajstić information content (AvgIpc) is 2.38. The van der Waals surface area contributed by atoms with Crippen molar-refractivity contribution >= 4 is 5.69 Å². The molecule has 2 rings (SSSR count). The molecule has 18 heavy (non-hydrogen) atoms. The molecule has 0 heterocycles. The Balaban J connectivity index is 2.07. The van der Waals surface area contributed by atoms with Crippen LogP contribution in [0.5, 0.6) is 5.75 Å². The molecule has 0 saturated carbocycles. The topological polar surface area (TPSA) is 32.3 Å². The summed E-state index contributed by atoms with van der Waals surface area (Å²) in [5.74, 6) is 0.340. The van der Waals surface area contributed by atoms with E-state index in [4.69, 9.17) is 0 Å². The summed E-state index contributed by atoms with van der Waals surface area (Å²) >= 11 is 0. The predicted molar refractivity (Wildman–Crippen MR) is 76.0 cm³/mol. The van der Waals surface area contributed by atoms with Crippen LogP contribution in [0.15, 0.2) is 42.5 Å². The lowest BCUT2D eigenvalue weighted by atomic mass is 10.1. The SMILES string of the molecule is CCc1ccc(NCc2ccccc2O)cc1C. The van der Waals surface area contributed by atoms with Crippen LogP contribution in [0.1, 0.15) is 23.6 Å². The molecule has 2 aromatic carbocycles. The van der Waals surface area contributed by atoms with Crippen LogP contribution < -0.4 is 5.32 Å². The lowest BCUT2D eigenvalue weighted by Crippen LogP contribution is -2.00. The molecule has 0 aromatic heterocycles. The largest absolute Gasteiger partial charge is 0.508 e. The maximum atomic E-state index is 9.69. The van der Waals surface area contributed by atoms with Crippen molar-refractivity contribution in [2.75, 3.05) is 5.32 Å². The highest BCUT2D eigenvalue weighted by Gasteiger charge is 2.01. The standard InChI is InChI=1S/C16H19NO/c1-3-13-8-9-15(10-12(13)2)17-11-14-6-4-5-7-16(14)18/h4-10,17-18H,3,11H2,1-2H3. The van der Waals surface area contributed by atoms with Gasteiger partial charge in [0.2, 0.25) is 0 Å². The number of aromatic hydroxyl groups is 1. The van der Waals surface area contributed by atoms with Gasteiger partial charge in [-0.3, -0.25) is 0 Å². The Morgan fingerprint density at radius 1 is 1.06 bits per heavy atom. The number of phenolic OH excluding ortho intramolecular Hbond substituents is 1. The highest BCUT2D eigenvalue weighted by atomic mass is 16.3. The summed E-state index contributed by atoms with van der Waals surface area (Å²) in [6.45, 7) is 4.93. The molecule has 0 fully saturated rings. The Morgan fingerprint density at radius 2 is 1.83 bits per heavy atom. The fourth-order valence-electron chi connectivity index (χ4n) is 2.06. The van der Waals surface area contributed by atoms with Gasteiger partial charge in [-0.15, -0.1) is 0 Å². The van der Waals surface area contributed by atoms with Gasteiger partial charge >= 0.3 is 0 Å².